The molecule has 0 aliphatic heterocycles. The second-order valence-corrected chi connectivity index (χ2v) is 6.68. The van der Waals surface area contributed by atoms with E-state index in [9.17, 15) is 10.4 Å². The standard InChI is InChI=1S/C22H20N2O3S/c1-3-26-18-8-6-16(7-9-18)19-14-28-22(24-19)17(13-23)11-15-5-10-20(25)21(12-15)27-4-2/h5-12,14,25H,3-4H2,1-2H3. The summed E-state index contributed by atoms with van der Waals surface area (Å²) in [5.41, 5.74) is 2.99. The molecule has 1 aromatic heterocycles. The van der Waals surface area contributed by atoms with Crippen LogP contribution in [0.3, 0.4) is 0 Å². The number of thiazole rings is 1. The third-order valence-corrected chi connectivity index (χ3v) is 4.79. The lowest BCUT2D eigenvalue weighted by Gasteiger charge is -2.06. The first kappa shape index (κ1) is 19.5. The van der Waals surface area contributed by atoms with Crippen molar-refractivity contribution < 1.29 is 14.6 Å². The Kier molecular flexibility index (Phi) is 6.30. The van der Waals surface area contributed by atoms with Gasteiger partial charge in [0.15, 0.2) is 11.5 Å². The molecule has 0 atom stereocenters. The van der Waals surface area contributed by atoms with Gasteiger partial charge in [-0.1, -0.05) is 6.07 Å². The van der Waals surface area contributed by atoms with Crippen LogP contribution in [0.1, 0.15) is 24.4 Å². The van der Waals surface area contributed by atoms with Crippen LogP contribution in [-0.2, 0) is 0 Å². The Labute approximate surface area is 168 Å². The molecule has 3 aromatic rings. The van der Waals surface area contributed by atoms with Crippen molar-refractivity contribution in [3.63, 3.8) is 0 Å². The molecule has 0 saturated carbocycles. The molecule has 0 bridgehead atoms. The number of rotatable bonds is 7. The highest BCUT2D eigenvalue weighted by Crippen LogP contribution is 2.31. The molecule has 0 amide bonds. The van der Waals surface area contributed by atoms with E-state index in [0.29, 0.717) is 29.5 Å². The Morgan fingerprint density at radius 1 is 1.14 bits per heavy atom. The molecule has 0 spiro atoms. The van der Waals surface area contributed by atoms with Crippen molar-refractivity contribution in [2.75, 3.05) is 13.2 Å². The molecule has 2 aromatic carbocycles. The van der Waals surface area contributed by atoms with Gasteiger partial charge in [0, 0.05) is 10.9 Å². The lowest BCUT2D eigenvalue weighted by Crippen LogP contribution is -1.92. The van der Waals surface area contributed by atoms with E-state index >= 15 is 0 Å². The maximum absolute atomic E-state index is 9.83. The second kappa shape index (κ2) is 9.07. The van der Waals surface area contributed by atoms with E-state index in [2.05, 4.69) is 11.1 Å². The average Bonchev–Trinajstić information content (AvgIpc) is 3.19. The van der Waals surface area contributed by atoms with Crippen LogP contribution >= 0.6 is 11.3 Å². The van der Waals surface area contributed by atoms with Crippen LogP contribution in [0.4, 0.5) is 0 Å². The Balaban J connectivity index is 1.87. The zero-order valence-corrected chi connectivity index (χ0v) is 16.5. The molecule has 0 aliphatic rings. The van der Waals surface area contributed by atoms with Gasteiger partial charge in [-0.3, -0.25) is 0 Å². The number of ether oxygens (including phenoxy) is 2. The van der Waals surface area contributed by atoms with Gasteiger partial charge in [0.2, 0.25) is 0 Å². The summed E-state index contributed by atoms with van der Waals surface area (Å²) in [6.45, 7) is 4.87. The number of hydrogen-bond donors (Lipinski definition) is 1. The molecule has 6 heteroatoms. The first-order valence-corrected chi connectivity index (χ1v) is 9.79. The van der Waals surface area contributed by atoms with E-state index in [4.69, 9.17) is 9.47 Å². The van der Waals surface area contributed by atoms with Gasteiger partial charge in [0.25, 0.3) is 0 Å². The summed E-state index contributed by atoms with van der Waals surface area (Å²) in [7, 11) is 0. The third-order valence-electron chi connectivity index (χ3n) is 3.91. The smallest absolute Gasteiger partial charge is 0.161 e. The molecule has 1 N–H and O–H groups in total. The average molecular weight is 392 g/mol. The van der Waals surface area contributed by atoms with Gasteiger partial charge in [0.1, 0.15) is 16.8 Å². The zero-order chi connectivity index (χ0) is 19.9. The van der Waals surface area contributed by atoms with Crippen molar-refractivity contribution in [3.8, 4) is 34.6 Å². The normalized spacial score (nSPS) is 11.1. The molecule has 0 unspecified atom stereocenters. The molecule has 142 valence electrons. The SMILES string of the molecule is CCOc1ccc(-c2csc(C(C#N)=Cc3ccc(O)c(OCC)c3)n2)cc1. The third kappa shape index (κ3) is 4.51. The van der Waals surface area contributed by atoms with Gasteiger partial charge in [0.05, 0.1) is 24.5 Å². The van der Waals surface area contributed by atoms with Crippen molar-refractivity contribution >= 4 is 23.0 Å². The van der Waals surface area contributed by atoms with Gasteiger partial charge in [-0.2, -0.15) is 5.26 Å². The van der Waals surface area contributed by atoms with Crippen molar-refractivity contribution in [3.05, 3.63) is 58.4 Å². The summed E-state index contributed by atoms with van der Waals surface area (Å²) in [6.07, 6.45) is 1.74. The highest BCUT2D eigenvalue weighted by atomic mass is 32.1. The lowest BCUT2D eigenvalue weighted by molar-refractivity contribution is 0.318. The summed E-state index contributed by atoms with van der Waals surface area (Å²) < 4.78 is 10.9. The molecule has 0 fully saturated rings. The summed E-state index contributed by atoms with van der Waals surface area (Å²) >= 11 is 1.41. The predicted octanol–water partition coefficient (Wildman–Crippen LogP) is 5.38. The van der Waals surface area contributed by atoms with Crippen LogP contribution in [0, 0.1) is 11.3 Å². The Morgan fingerprint density at radius 2 is 1.89 bits per heavy atom. The minimum atomic E-state index is 0.0737. The molecule has 1 heterocycles. The van der Waals surface area contributed by atoms with Crippen molar-refractivity contribution in [1.29, 1.82) is 5.26 Å². The van der Waals surface area contributed by atoms with E-state index < -0.39 is 0 Å². The molecule has 3 rings (SSSR count). The van der Waals surface area contributed by atoms with Crippen molar-refractivity contribution in [1.82, 2.24) is 4.98 Å². The van der Waals surface area contributed by atoms with Gasteiger partial charge < -0.3 is 14.6 Å². The molecular weight excluding hydrogens is 372 g/mol. The van der Waals surface area contributed by atoms with Gasteiger partial charge in [-0.25, -0.2) is 4.98 Å². The fraction of sp³-hybridized carbons (Fsp3) is 0.182. The van der Waals surface area contributed by atoms with Gasteiger partial charge in [-0.15, -0.1) is 11.3 Å². The number of aromatic hydroxyl groups is 1. The number of benzene rings is 2. The second-order valence-electron chi connectivity index (χ2n) is 5.83. The van der Waals surface area contributed by atoms with E-state index in [-0.39, 0.29) is 5.75 Å². The van der Waals surface area contributed by atoms with Crippen molar-refractivity contribution in [2.24, 2.45) is 0 Å². The summed E-state index contributed by atoms with van der Waals surface area (Å²) in [4.78, 5) is 4.61. The molecule has 0 radical (unpaired) electrons. The minimum absolute atomic E-state index is 0.0737. The minimum Gasteiger partial charge on any atom is -0.504 e. The quantitative estimate of drug-likeness (QED) is 0.547. The number of hydrogen-bond acceptors (Lipinski definition) is 6. The van der Waals surface area contributed by atoms with Crippen LogP contribution in [0.25, 0.3) is 22.9 Å². The van der Waals surface area contributed by atoms with E-state index in [1.807, 2.05) is 43.5 Å². The predicted molar refractivity (Wildman–Crippen MR) is 111 cm³/mol. The fourth-order valence-electron chi connectivity index (χ4n) is 2.62. The largest absolute Gasteiger partial charge is 0.504 e. The maximum Gasteiger partial charge on any atom is 0.161 e. The Hall–Kier alpha value is -3.30. The fourth-order valence-corrected chi connectivity index (χ4v) is 3.41. The summed E-state index contributed by atoms with van der Waals surface area (Å²) in [6, 6.07) is 14.9. The molecule has 28 heavy (non-hydrogen) atoms. The number of nitriles is 1. The van der Waals surface area contributed by atoms with Crippen LogP contribution in [0.2, 0.25) is 0 Å². The Bertz CT molecular complexity index is 1020. The molecule has 0 aliphatic carbocycles. The molecule has 0 saturated heterocycles. The van der Waals surface area contributed by atoms with Crippen LogP contribution < -0.4 is 9.47 Å². The molecular formula is C22H20N2O3S. The summed E-state index contributed by atoms with van der Waals surface area (Å²) in [5, 5.41) is 22.0. The number of aromatic nitrogens is 1. The van der Waals surface area contributed by atoms with Crippen molar-refractivity contribution in [2.45, 2.75) is 13.8 Å². The van der Waals surface area contributed by atoms with Gasteiger partial charge in [-0.05, 0) is 61.9 Å². The number of nitrogens with zero attached hydrogens (tertiary/aromatic N) is 2. The van der Waals surface area contributed by atoms with E-state index in [0.717, 1.165) is 22.6 Å². The van der Waals surface area contributed by atoms with Crippen LogP contribution in [0.5, 0.6) is 17.2 Å². The lowest BCUT2D eigenvalue weighted by atomic mass is 10.1. The number of phenols is 1. The maximum atomic E-state index is 9.83. The molecule has 5 nitrogen and oxygen atoms in total. The monoisotopic (exact) mass is 392 g/mol. The highest BCUT2D eigenvalue weighted by molar-refractivity contribution is 7.11. The number of phenolic OH excluding ortho intramolecular Hbond substituents is 1. The summed E-state index contributed by atoms with van der Waals surface area (Å²) in [5.74, 6) is 1.28. The topological polar surface area (TPSA) is 75.4 Å². The van der Waals surface area contributed by atoms with Gasteiger partial charge >= 0.3 is 0 Å². The highest BCUT2D eigenvalue weighted by Gasteiger charge is 2.10. The zero-order valence-electron chi connectivity index (χ0n) is 15.7. The first-order chi connectivity index (χ1) is 13.6. The first-order valence-electron chi connectivity index (χ1n) is 8.91. The van der Waals surface area contributed by atoms with E-state index in [1.54, 1.807) is 24.3 Å². The number of allylic oxidation sites excluding steroid dienone is 1. The Morgan fingerprint density at radius 3 is 2.57 bits per heavy atom. The van der Waals surface area contributed by atoms with Crippen LogP contribution in [0.15, 0.2) is 47.8 Å². The van der Waals surface area contributed by atoms with Crippen LogP contribution in [-0.4, -0.2) is 23.3 Å². The van der Waals surface area contributed by atoms with E-state index in [1.165, 1.54) is 11.3 Å².